The molecule has 2 fully saturated rings. The van der Waals surface area contributed by atoms with Crippen molar-refractivity contribution in [1.82, 2.24) is 25.1 Å². The number of nitriles is 1. The number of carbonyl (C=O) groups excluding carboxylic acids is 3. The molecule has 2 saturated heterocycles. The molecule has 3 aromatic carbocycles. The fourth-order valence-electron chi connectivity index (χ4n) is 5.55. The number of hydrogen-bond acceptors (Lipinski definition) is 6. The summed E-state index contributed by atoms with van der Waals surface area (Å²) in [7, 11) is 0. The van der Waals surface area contributed by atoms with Crippen molar-refractivity contribution < 1.29 is 23.9 Å². The van der Waals surface area contributed by atoms with E-state index in [0.717, 1.165) is 5.56 Å². The van der Waals surface area contributed by atoms with Crippen LogP contribution in [0.1, 0.15) is 22.3 Å². The molecule has 3 aromatic rings. The number of phenols is 1. The molecule has 2 aliphatic rings. The minimum atomic E-state index is -1.01. The molecule has 2 atom stereocenters. The number of halogens is 1. The Hall–Kier alpha value is -5.21. The zero-order valence-electron chi connectivity index (χ0n) is 23.4. The standard InChI is InChI=1S/C32H31FN6O4/c1-2-15-37-21-29(41)38-27(16-22-11-13-26(40)14-12-22)31(42)36(19-25-10-6-9-24(17-34)30(25)33)20-28(38)39(37)32(43)35-18-23-7-4-3-5-8-23/h2-14,27-28,40H,1,15-16,18-21H2,(H,35,43)/t27-,28-/m0/s1. The maximum Gasteiger partial charge on any atom is 0.334 e. The molecule has 0 aliphatic carbocycles. The molecule has 10 nitrogen and oxygen atoms in total. The van der Waals surface area contributed by atoms with Crippen molar-refractivity contribution in [3.8, 4) is 11.8 Å². The molecule has 0 unspecified atom stereocenters. The summed E-state index contributed by atoms with van der Waals surface area (Å²) in [4.78, 5) is 44.3. The number of phenolic OH excluding ortho intramolecular Hbond substituents is 1. The predicted octanol–water partition coefficient (Wildman–Crippen LogP) is 3.14. The lowest BCUT2D eigenvalue weighted by atomic mass is 9.98. The van der Waals surface area contributed by atoms with Gasteiger partial charge in [-0.25, -0.2) is 19.2 Å². The summed E-state index contributed by atoms with van der Waals surface area (Å²) in [5.41, 5.74) is 1.58. The molecule has 220 valence electrons. The van der Waals surface area contributed by atoms with Crippen LogP contribution in [0, 0.1) is 17.1 Å². The van der Waals surface area contributed by atoms with Crippen molar-refractivity contribution in [3.63, 3.8) is 0 Å². The number of urea groups is 1. The van der Waals surface area contributed by atoms with Gasteiger partial charge in [0.1, 0.15) is 29.8 Å². The minimum Gasteiger partial charge on any atom is -0.508 e. The predicted molar refractivity (Wildman–Crippen MR) is 155 cm³/mol. The smallest absolute Gasteiger partial charge is 0.334 e. The van der Waals surface area contributed by atoms with Crippen LogP contribution in [-0.2, 0) is 29.1 Å². The molecular weight excluding hydrogens is 551 g/mol. The average Bonchev–Trinajstić information content (AvgIpc) is 3.00. The highest BCUT2D eigenvalue weighted by Crippen LogP contribution is 2.30. The lowest BCUT2D eigenvalue weighted by molar-refractivity contribution is -0.189. The topological polar surface area (TPSA) is 120 Å². The number of nitrogens with zero attached hydrogens (tertiary/aromatic N) is 5. The first-order chi connectivity index (χ1) is 20.8. The maximum atomic E-state index is 15.1. The van der Waals surface area contributed by atoms with Crippen molar-refractivity contribution in [1.29, 1.82) is 5.26 Å². The summed E-state index contributed by atoms with van der Waals surface area (Å²) in [5, 5.41) is 25.0. The zero-order valence-corrected chi connectivity index (χ0v) is 23.4. The van der Waals surface area contributed by atoms with Crippen LogP contribution in [0.25, 0.3) is 0 Å². The van der Waals surface area contributed by atoms with Crippen LogP contribution in [0.5, 0.6) is 5.75 Å². The first-order valence-electron chi connectivity index (χ1n) is 13.8. The Bertz CT molecular complexity index is 1560. The minimum absolute atomic E-state index is 0.0569. The molecule has 5 rings (SSSR count). The van der Waals surface area contributed by atoms with Gasteiger partial charge in [-0.3, -0.25) is 9.59 Å². The molecule has 0 aromatic heterocycles. The van der Waals surface area contributed by atoms with Crippen LogP contribution in [0.3, 0.4) is 0 Å². The first-order valence-corrected chi connectivity index (χ1v) is 13.8. The van der Waals surface area contributed by atoms with Crippen molar-refractivity contribution in [2.75, 3.05) is 19.6 Å². The fraction of sp³-hybridized carbons (Fsp3) is 0.250. The highest BCUT2D eigenvalue weighted by atomic mass is 19.1. The molecule has 0 spiro atoms. The van der Waals surface area contributed by atoms with Gasteiger partial charge in [0.25, 0.3) is 0 Å². The lowest BCUT2D eigenvalue weighted by Crippen LogP contribution is -2.76. The number of hydrazine groups is 1. The van der Waals surface area contributed by atoms with E-state index in [1.807, 2.05) is 36.4 Å². The number of aromatic hydroxyl groups is 1. The third-order valence-corrected chi connectivity index (χ3v) is 7.59. The Morgan fingerprint density at radius 1 is 1.07 bits per heavy atom. The van der Waals surface area contributed by atoms with E-state index >= 15 is 4.39 Å². The van der Waals surface area contributed by atoms with E-state index in [-0.39, 0.29) is 61.9 Å². The molecule has 2 heterocycles. The van der Waals surface area contributed by atoms with Gasteiger partial charge in [0, 0.05) is 31.6 Å². The molecule has 43 heavy (non-hydrogen) atoms. The van der Waals surface area contributed by atoms with Gasteiger partial charge in [0.2, 0.25) is 11.8 Å². The van der Waals surface area contributed by atoms with E-state index in [1.165, 1.54) is 39.1 Å². The normalized spacial score (nSPS) is 18.7. The van der Waals surface area contributed by atoms with E-state index < -0.39 is 30.0 Å². The van der Waals surface area contributed by atoms with Gasteiger partial charge in [-0.2, -0.15) is 5.26 Å². The SMILES string of the molecule is C=CCN1CC(=O)N2[C@@H](Cc3ccc(O)cc3)C(=O)N(Cc3cccc(C#N)c3F)C[C@@H]2N1C(=O)NCc1ccccc1. The molecule has 0 bridgehead atoms. The Labute approximate surface area is 248 Å². The number of hydrogen-bond donors (Lipinski definition) is 2. The molecule has 0 radical (unpaired) electrons. The number of amides is 4. The van der Waals surface area contributed by atoms with Gasteiger partial charge in [-0.1, -0.05) is 60.7 Å². The Kier molecular flexibility index (Phi) is 8.69. The van der Waals surface area contributed by atoms with E-state index in [4.69, 9.17) is 0 Å². The van der Waals surface area contributed by atoms with Gasteiger partial charge in [-0.15, -0.1) is 6.58 Å². The van der Waals surface area contributed by atoms with Crippen LogP contribution >= 0.6 is 0 Å². The van der Waals surface area contributed by atoms with Gasteiger partial charge >= 0.3 is 6.03 Å². The maximum absolute atomic E-state index is 15.1. The summed E-state index contributed by atoms with van der Waals surface area (Å²) in [6, 6.07) is 20.4. The van der Waals surface area contributed by atoms with Gasteiger partial charge in [-0.05, 0) is 29.3 Å². The Morgan fingerprint density at radius 3 is 2.51 bits per heavy atom. The molecular formula is C32H31FN6O4. The summed E-state index contributed by atoms with van der Waals surface area (Å²) >= 11 is 0. The highest BCUT2D eigenvalue weighted by Gasteiger charge is 2.51. The van der Waals surface area contributed by atoms with Gasteiger partial charge in [0.05, 0.1) is 18.7 Å². The van der Waals surface area contributed by atoms with Crippen molar-refractivity contribution in [3.05, 3.63) is 114 Å². The fourth-order valence-corrected chi connectivity index (χ4v) is 5.55. The third-order valence-electron chi connectivity index (χ3n) is 7.59. The van der Waals surface area contributed by atoms with Crippen molar-refractivity contribution in [2.24, 2.45) is 0 Å². The summed E-state index contributed by atoms with van der Waals surface area (Å²) in [5.74, 6) is -1.42. The van der Waals surface area contributed by atoms with Crippen molar-refractivity contribution >= 4 is 17.8 Å². The van der Waals surface area contributed by atoms with E-state index in [1.54, 1.807) is 29.3 Å². The van der Waals surface area contributed by atoms with Crippen molar-refractivity contribution in [2.45, 2.75) is 31.7 Å². The Morgan fingerprint density at radius 2 is 1.81 bits per heavy atom. The van der Waals surface area contributed by atoms with Gasteiger partial charge < -0.3 is 20.2 Å². The monoisotopic (exact) mass is 582 g/mol. The number of carbonyl (C=O) groups is 3. The number of piperazine rings is 1. The second-order valence-electron chi connectivity index (χ2n) is 10.4. The quantitative estimate of drug-likeness (QED) is 0.394. The van der Waals surface area contributed by atoms with Crippen LogP contribution in [0.4, 0.5) is 9.18 Å². The van der Waals surface area contributed by atoms with Crippen LogP contribution in [0.15, 0.2) is 85.5 Å². The largest absolute Gasteiger partial charge is 0.508 e. The molecule has 4 amide bonds. The van der Waals surface area contributed by atoms with Crippen LogP contribution in [0.2, 0.25) is 0 Å². The Balaban J connectivity index is 1.52. The zero-order chi connectivity index (χ0) is 30.5. The summed E-state index contributed by atoms with van der Waals surface area (Å²) in [6.45, 7) is 3.82. The molecule has 11 heteroatoms. The number of benzene rings is 3. The number of nitrogens with one attached hydrogen (secondary N) is 1. The third kappa shape index (κ3) is 6.19. The summed E-state index contributed by atoms with van der Waals surface area (Å²) in [6.07, 6.45) is 0.793. The van der Waals surface area contributed by atoms with E-state index in [2.05, 4.69) is 11.9 Å². The molecule has 2 aliphatic heterocycles. The van der Waals surface area contributed by atoms with E-state index in [0.29, 0.717) is 5.56 Å². The van der Waals surface area contributed by atoms with Gasteiger partial charge in [0.15, 0.2) is 0 Å². The van der Waals surface area contributed by atoms with Crippen LogP contribution in [-0.4, -0.2) is 74.6 Å². The lowest BCUT2D eigenvalue weighted by Gasteiger charge is -2.55. The second kappa shape index (κ2) is 12.8. The average molecular weight is 583 g/mol. The van der Waals surface area contributed by atoms with Crippen LogP contribution < -0.4 is 5.32 Å². The first kappa shape index (κ1) is 29.3. The second-order valence-corrected chi connectivity index (χ2v) is 10.4. The van der Waals surface area contributed by atoms with E-state index in [9.17, 15) is 24.8 Å². The highest BCUT2D eigenvalue weighted by molar-refractivity contribution is 5.91. The molecule has 2 N–H and O–H groups in total. The summed E-state index contributed by atoms with van der Waals surface area (Å²) < 4.78 is 15.1. The number of fused-ring (bicyclic) bond motifs is 1. The number of rotatable bonds is 8. The molecule has 0 saturated carbocycles.